The van der Waals surface area contributed by atoms with Crippen LogP contribution < -0.4 is 5.32 Å². The number of hydrogen-bond acceptors (Lipinski definition) is 6. The number of nitrogens with zero attached hydrogens (tertiary/aromatic N) is 1. The van der Waals surface area contributed by atoms with E-state index in [2.05, 4.69) is 10.3 Å². The van der Waals surface area contributed by atoms with Crippen molar-refractivity contribution < 1.29 is 24.2 Å². The number of carboxylic acid groups (broad SMARTS) is 1. The fourth-order valence-corrected chi connectivity index (χ4v) is 4.82. The lowest BCUT2D eigenvalue weighted by molar-refractivity contribution is -0.137. The van der Waals surface area contributed by atoms with E-state index in [-0.39, 0.29) is 18.0 Å². The van der Waals surface area contributed by atoms with E-state index >= 15 is 0 Å². The minimum atomic E-state index is -1.05. The van der Waals surface area contributed by atoms with Crippen LogP contribution in [0.5, 0.6) is 5.75 Å². The van der Waals surface area contributed by atoms with Crippen LogP contribution in [-0.2, 0) is 24.1 Å². The molecule has 0 aliphatic carbocycles. The molecule has 0 radical (unpaired) electrons. The summed E-state index contributed by atoms with van der Waals surface area (Å²) in [7, 11) is 0. The second kappa shape index (κ2) is 12.3. The van der Waals surface area contributed by atoms with Gasteiger partial charge in [0.15, 0.2) is 5.78 Å². The van der Waals surface area contributed by atoms with Gasteiger partial charge >= 0.3 is 5.97 Å². The molecule has 0 fully saturated rings. The topological polar surface area (TPSA) is 113 Å². The lowest BCUT2D eigenvalue weighted by Crippen LogP contribution is -2.32. The van der Waals surface area contributed by atoms with E-state index in [0.29, 0.717) is 35.5 Å². The average molecular weight is 547 g/mol. The van der Waals surface area contributed by atoms with E-state index in [4.69, 9.17) is 4.42 Å². The van der Waals surface area contributed by atoms with Gasteiger partial charge in [-0.05, 0) is 67.3 Å². The van der Waals surface area contributed by atoms with E-state index in [0.717, 1.165) is 28.1 Å². The molecule has 5 aromatic rings. The molecule has 3 N–H and O–H groups in total. The van der Waals surface area contributed by atoms with Crippen molar-refractivity contribution in [1.82, 2.24) is 4.98 Å². The molecule has 0 amide bonds. The molecule has 0 saturated heterocycles. The van der Waals surface area contributed by atoms with Crippen molar-refractivity contribution >= 4 is 17.4 Å². The lowest BCUT2D eigenvalue weighted by Gasteiger charge is -2.20. The maximum atomic E-state index is 13.2. The summed E-state index contributed by atoms with van der Waals surface area (Å²) in [6.45, 7) is 1.87. The molecular weight excluding hydrogens is 516 g/mol. The van der Waals surface area contributed by atoms with Crippen LogP contribution in [0.2, 0.25) is 0 Å². The number of nitrogens with one attached hydrogen (secondary N) is 1. The fourth-order valence-electron chi connectivity index (χ4n) is 4.82. The van der Waals surface area contributed by atoms with E-state index in [1.807, 2.05) is 43.3 Å². The van der Waals surface area contributed by atoms with E-state index in [9.17, 15) is 19.8 Å². The predicted molar refractivity (Wildman–Crippen MR) is 157 cm³/mol. The van der Waals surface area contributed by atoms with Gasteiger partial charge in [-0.1, -0.05) is 66.7 Å². The highest BCUT2D eigenvalue weighted by atomic mass is 16.4. The number of oxazole rings is 1. The van der Waals surface area contributed by atoms with Crippen LogP contribution >= 0.6 is 0 Å². The number of benzene rings is 4. The highest BCUT2D eigenvalue weighted by Crippen LogP contribution is 2.26. The summed E-state index contributed by atoms with van der Waals surface area (Å²) < 4.78 is 5.89. The fraction of sp³-hybridized carbons (Fsp3) is 0.147. The van der Waals surface area contributed by atoms with Crippen LogP contribution in [0, 0.1) is 6.92 Å². The summed E-state index contributed by atoms with van der Waals surface area (Å²) in [6.07, 6.45) is 1.23. The molecule has 41 heavy (non-hydrogen) atoms. The van der Waals surface area contributed by atoms with Gasteiger partial charge < -0.3 is 19.9 Å². The Morgan fingerprint density at radius 1 is 0.854 bits per heavy atom. The number of phenols is 1. The number of para-hydroxylation sites is 1. The average Bonchev–Trinajstić information content (AvgIpc) is 3.37. The number of carboxylic acids is 1. The van der Waals surface area contributed by atoms with Gasteiger partial charge in [-0.2, -0.15) is 0 Å². The van der Waals surface area contributed by atoms with Crippen molar-refractivity contribution in [2.24, 2.45) is 0 Å². The molecule has 5 rings (SSSR count). The van der Waals surface area contributed by atoms with Crippen LogP contribution in [-0.4, -0.2) is 33.0 Å². The van der Waals surface area contributed by atoms with Crippen LogP contribution in [0.4, 0.5) is 5.69 Å². The Kier molecular flexibility index (Phi) is 8.25. The molecule has 0 aliphatic heterocycles. The standard InChI is InChI=1S/C34H30N2O5/c1-22-29(36-33(41-22)24-12-6-3-7-13-24)19-17-25-20-27(37)18-16-26(25)21-31(34(39)40)35-30-15-9-8-14-28(30)32(38)23-10-4-2-5-11-23/h2-16,18,20,31,35,37H,17,19,21H2,1H3,(H,39,40)/t31-/m0/s1. The molecular formula is C34H30N2O5. The van der Waals surface area contributed by atoms with Crippen LogP contribution in [0.15, 0.2) is 108 Å². The molecule has 7 nitrogen and oxygen atoms in total. The minimum absolute atomic E-state index is 0.101. The van der Waals surface area contributed by atoms with Crippen LogP contribution in [0.3, 0.4) is 0 Å². The zero-order chi connectivity index (χ0) is 28.8. The summed E-state index contributed by atoms with van der Waals surface area (Å²) in [4.78, 5) is 30.2. The van der Waals surface area contributed by atoms with Crippen LogP contribution in [0.1, 0.15) is 38.5 Å². The molecule has 1 heterocycles. The number of aliphatic carboxylic acids is 1. The third-order valence-corrected chi connectivity index (χ3v) is 6.99. The molecule has 1 aromatic heterocycles. The summed E-state index contributed by atoms with van der Waals surface area (Å²) in [6, 6.07) is 29.4. The maximum absolute atomic E-state index is 13.2. The first-order chi connectivity index (χ1) is 19.9. The number of phenolic OH excluding ortho intramolecular Hbond substituents is 1. The van der Waals surface area contributed by atoms with E-state index in [1.165, 1.54) is 0 Å². The third-order valence-electron chi connectivity index (χ3n) is 6.99. The second-order valence-electron chi connectivity index (χ2n) is 9.82. The molecule has 4 aromatic carbocycles. The van der Waals surface area contributed by atoms with Crippen molar-refractivity contribution in [3.05, 3.63) is 137 Å². The molecule has 0 unspecified atom stereocenters. The SMILES string of the molecule is Cc1oc(-c2ccccc2)nc1CCc1cc(O)ccc1C[C@H](Nc1ccccc1C(=O)c1ccccc1)C(=O)O. The number of carbonyl (C=O) groups excluding carboxylic acids is 1. The molecule has 0 aliphatic rings. The number of aromatic nitrogens is 1. The number of ketones is 1. The van der Waals surface area contributed by atoms with Gasteiger partial charge in [0.1, 0.15) is 17.6 Å². The zero-order valence-electron chi connectivity index (χ0n) is 22.6. The Morgan fingerprint density at radius 2 is 1.54 bits per heavy atom. The van der Waals surface area contributed by atoms with Gasteiger partial charge in [0.05, 0.1) is 5.69 Å². The van der Waals surface area contributed by atoms with E-state index in [1.54, 1.807) is 66.7 Å². The molecule has 7 heteroatoms. The first kappa shape index (κ1) is 27.4. The Hall–Kier alpha value is -5.17. The van der Waals surface area contributed by atoms with Crippen LogP contribution in [0.25, 0.3) is 11.5 Å². The van der Waals surface area contributed by atoms with Crippen molar-refractivity contribution in [2.75, 3.05) is 5.32 Å². The molecule has 0 bridgehead atoms. The lowest BCUT2D eigenvalue weighted by atomic mass is 9.95. The summed E-state index contributed by atoms with van der Waals surface area (Å²) in [5.41, 5.74) is 4.65. The number of rotatable bonds is 11. The summed E-state index contributed by atoms with van der Waals surface area (Å²) >= 11 is 0. The molecule has 0 spiro atoms. The number of aromatic hydroxyl groups is 1. The third kappa shape index (κ3) is 6.53. The monoisotopic (exact) mass is 546 g/mol. The van der Waals surface area contributed by atoms with Gasteiger partial charge in [0.25, 0.3) is 0 Å². The Bertz CT molecular complexity index is 1660. The highest BCUT2D eigenvalue weighted by Gasteiger charge is 2.23. The largest absolute Gasteiger partial charge is 0.508 e. The predicted octanol–water partition coefficient (Wildman–Crippen LogP) is 6.48. The number of anilines is 1. The second-order valence-corrected chi connectivity index (χ2v) is 9.82. The maximum Gasteiger partial charge on any atom is 0.326 e. The number of aryl methyl sites for hydroxylation is 3. The van der Waals surface area contributed by atoms with Crippen molar-refractivity contribution in [1.29, 1.82) is 0 Å². The first-order valence-electron chi connectivity index (χ1n) is 13.4. The van der Waals surface area contributed by atoms with Gasteiger partial charge in [-0.15, -0.1) is 0 Å². The smallest absolute Gasteiger partial charge is 0.326 e. The van der Waals surface area contributed by atoms with Gasteiger partial charge in [-0.3, -0.25) is 4.79 Å². The molecule has 0 saturated carbocycles. The summed E-state index contributed by atoms with van der Waals surface area (Å²) in [5, 5.41) is 23.4. The van der Waals surface area contributed by atoms with Gasteiger partial charge in [-0.25, -0.2) is 9.78 Å². The van der Waals surface area contributed by atoms with Gasteiger partial charge in [0, 0.05) is 28.8 Å². The van der Waals surface area contributed by atoms with Crippen molar-refractivity contribution in [3.63, 3.8) is 0 Å². The summed E-state index contributed by atoms with van der Waals surface area (Å²) in [5.74, 6) is 0.125. The highest BCUT2D eigenvalue weighted by molar-refractivity contribution is 6.12. The minimum Gasteiger partial charge on any atom is -0.508 e. The molecule has 206 valence electrons. The number of carbonyl (C=O) groups is 2. The Balaban J connectivity index is 1.36. The Morgan fingerprint density at radius 3 is 2.27 bits per heavy atom. The Labute approximate surface area is 238 Å². The number of hydrogen-bond donors (Lipinski definition) is 3. The zero-order valence-corrected chi connectivity index (χ0v) is 22.6. The normalized spacial score (nSPS) is 11.6. The quantitative estimate of drug-likeness (QED) is 0.163. The van der Waals surface area contributed by atoms with Crippen molar-refractivity contribution in [2.45, 2.75) is 32.2 Å². The first-order valence-corrected chi connectivity index (χ1v) is 13.4. The van der Waals surface area contributed by atoms with Crippen molar-refractivity contribution in [3.8, 4) is 17.2 Å². The van der Waals surface area contributed by atoms with E-state index < -0.39 is 12.0 Å². The van der Waals surface area contributed by atoms with Gasteiger partial charge in [0.2, 0.25) is 5.89 Å². The molecule has 1 atom stereocenters.